The first kappa shape index (κ1) is 23.4. The van der Waals surface area contributed by atoms with Gasteiger partial charge < -0.3 is 9.47 Å². The number of allylic oxidation sites excluding steroid dienone is 1. The topological polar surface area (TPSA) is 113 Å². The largest absolute Gasteiger partial charge is 0.496 e. The fourth-order valence-electron chi connectivity index (χ4n) is 3.79. The second-order valence-electron chi connectivity index (χ2n) is 7.31. The molecule has 1 aliphatic heterocycles. The number of nitro benzene ring substituents is 1. The summed E-state index contributed by atoms with van der Waals surface area (Å²) < 4.78 is 12.2. The number of nitrogens with zero attached hydrogens (tertiary/aromatic N) is 3. The quantitative estimate of drug-likeness (QED) is 0.303. The third-order valence-electron chi connectivity index (χ3n) is 5.29. The van der Waals surface area contributed by atoms with Crippen molar-refractivity contribution in [3.63, 3.8) is 0 Å². The number of aromatic nitrogens is 1. The van der Waals surface area contributed by atoms with Gasteiger partial charge in [-0.3, -0.25) is 19.5 Å². The van der Waals surface area contributed by atoms with Crippen molar-refractivity contribution in [1.29, 1.82) is 0 Å². The lowest BCUT2D eigenvalue weighted by molar-refractivity contribution is -0.384. The number of methoxy groups -OCH3 is 2. The van der Waals surface area contributed by atoms with Gasteiger partial charge in [-0.1, -0.05) is 35.1 Å². The lowest BCUT2D eigenvalue weighted by Gasteiger charge is -2.25. The van der Waals surface area contributed by atoms with Gasteiger partial charge in [0.15, 0.2) is 4.80 Å². The number of benzene rings is 2. The molecule has 9 nitrogen and oxygen atoms in total. The van der Waals surface area contributed by atoms with Crippen molar-refractivity contribution < 1.29 is 19.2 Å². The normalized spacial score (nSPS) is 15.5. The Morgan fingerprint density at radius 1 is 1.26 bits per heavy atom. The van der Waals surface area contributed by atoms with Crippen LogP contribution < -0.4 is 19.6 Å². The number of ether oxygens (including phenoxy) is 2. The van der Waals surface area contributed by atoms with Crippen LogP contribution in [0.15, 0.2) is 63.5 Å². The summed E-state index contributed by atoms with van der Waals surface area (Å²) in [6, 6.07) is 9.98. The summed E-state index contributed by atoms with van der Waals surface area (Å²) in [6.45, 7) is 1.66. The molecule has 0 radical (unpaired) electrons. The van der Waals surface area contributed by atoms with Gasteiger partial charge in [-0.15, -0.1) is 0 Å². The predicted octanol–water partition coefficient (Wildman–Crippen LogP) is 2.98. The number of hydrogen-bond acceptors (Lipinski definition) is 8. The third-order valence-corrected chi connectivity index (χ3v) is 6.51. The lowest BCUT2D eigenvalue weighted by Crippen LogP contribution is -2.40. The molecule has 3 aromatic rings. The van der Waals surface area contributed by atoms with Crippen LogP contribution in [0.25, 0.3) is 6.08 Å². The van der Waals surface area contributed by atoms with Crippen LogP contribution in [0, 0.1) is 10.1 Å². The minimum absolute atomic E-state index is 0.0908. The summed E-state index contributed by atoms with van der Waals surface area (Å²) in [7, 11) is 2.73. The van der Waals surface area contributed by atoms with Crippen molar-refractivity contribution >= 4 is 40.7 Å². The Labute approximate surface area is 202 Å². The number of nitro groups is 1. The zero-order valence-electron chi connectivity index (χ0n) is 18.3. The smallest absolute Gasteiger partial charge is 0.338 e. The highest BCUT2D eigenvalue weighted by Gasteiger charge is 2.35. The number of esters is 1. The molecule has 0 bridgehead atoms. The highest BCUT2D eigenvalue weighted by molar-refractivity contribution is 7.07. The summed E-state index contributed by atoms with van der Waals surface area (Å²) in [4.78, 5) is 41.8. The number of carbonyl (C=O) groups excluding carboxylic acids is 1. The van der Waals surface area contributed by atoms with Crippen LogP contribution in [0.3, 0.4) is 0 Å². The maximum Gasteiger partial charge on any atom is 0.338 e. The van der Waals surface area contributed by atoms with Crippen molar-refractivity contribution in [1.82, 2.24) is 4.57 Å². The maximum absolute atomic E-state index is 13.6. The first-order chi connectivity index (χ1) is 16.2. The number of non-ortho nitro benzene ring substituents is 1. The summed E-state index contributed by atoms with van der Waals surface area (Å²) in [5.41, 5.74) is 1.04. The van der Waals surface area contributed by atoms with E-state index in [0.29, 0.717) is 36.9 Å². The molecular formula is C23H18ClN3O6S. The molecule has 174 valence electrons. The number of carbonyl (C=O) groups is 1. The van der Waals surface area contributed by atoms with Crippen molar-refractivity contribution in [2.24, 2.45) is 4.99 Å². The van der Waals surface area contributed by atoms with Crippen LogP contribution in [0.5, 0.6) is 5.75 Å². The second-order valence-corrected chi connectivity index (χ2v) is 8.76. The first-order valence-corrected chi connectivity index (χ1v) is 11.1. The average molecular weight is 500 g/mol. The van der Waals surface area contributed by atoms with Gasteiger partial charge in [-0.05, 0) is 36.8 Å². The molecule has 34 heavy (non-hydrogen) atoms. The molecule has 0 saturated carbocycles. The van der Waals surface area contributed by atoms with E-state index >= 15 is 0 Å². The molecular weight excluding hydrogens is 482 g/mol. The van der Waals surface area contributed by atoms with E-state index in [1.165, 1.54) is 30.9 Å². The Bertz CT molecular complexity index is 1540. The zero-order valence-corrected chi connectivity index (χ0v) is 19.8. The minimum Gasteiger partial charge on any atom is -0.496 e. The fourth-order valence-corrected chi connectivity index (χ4v) is 5.01. The molecule has 0 amide bonds. The molecule has 2 aromatic carbocycles. The molecule has 0 spiro atoms. The average Bonchev–Trinajstić information content (AvgIpc) is 3.12. The maximum atomic E-state index is 13.6. The van der Waals surface area contributed by atoms with Crippen molar-refractivity contribution in [3.8, 4) is 5.75 Å². The number of fused-ring (bicyclic) bond motifs is 1. The van der Waals surface area contributed by atoms with Crippen LogP contribution in [-0.4, -0.2) is 29.7 Å². The second kappa shape index (κ2) is 9.24. The highest BCUT2D eigenvalue weighted by Crippen LogP contribution is 2.37. The lowest BCUT2D eigenvalue weighted by atomic mass is 9.95. The van der Waals surface area contributed by atoms with Crippen LogP contribution in [0.4, 0.5) is 5.69 Å². The van der Waals surface area contributed by atoms with Crippen molar-refractivity contribution in [2.75, 3.05) is 14.2 Å². The Morgan fingerprint density at radius 2 is 2.03 bits per heavy atom. The summed E-state index contributed by atoms with van der Waals surface area (Å²) >= 11 is 7.36. The third kappa shape index (κ3) is 4.13. The Morgan fingerprint density at radius 3 is 2.71 bits per heavy atom. The van der Waals surface area contributed by atoms with Crippen LogP contribution in [0.1, 0.15) is 24.1 Å². The molecule has 11 heteroatoms. The Kier molecular flexibility index (Phi) is 6.36. The molecule has 1 aliphatic rings. The standard InChI is InChI=1S/C23H18ClN3O6S/c1-12-19(22(29)33-3)20(16-11-14(24)7-8-17(16)32-2)26-21(28)18(34-23(26)25-12)10-13-5-4-6-15(9-13)27(30)31/h4-11,20H,1-3H3/b18-10-/t20-/m0/s1. The summed E-state index contributed by atoms with van der Waals surface area (Å²) in [6.07, 6.45) is 1.56. The van der Waals surface area contributed by atoms with Gasteiger partial charge in [0.05, 0.1) is 34.9 Å². The van der Waals surface area contributed by atoms with E-state index in [1.54, 1.807) is 43.3 Å². The van der Waals surface area contributed by atoms with Gasteiger partial charge in [0.25, 0.3) is 11.2 Å². The van der Waals surface area contributed by atoms with Crippen LogP contribution >= 0.6 is 22.9 Å². The number of halogens is 1. The molecule has 4 rings (SSSR count). The summed E-state index contributed by atoms with van der Waals surface area (Å²) in [5, 5.41) is 11.5. The van der Waals surface area contributed by atoms with Crippen molar-refractivity contribution in [2.45, 2.75) is 13.0 Å². The van der Waals surface area contributed by atoms with E-state index in [1.807, 2.05) is 0 Å². The number of thiazole rings is 1. The van der Waals surface area contributed by atoms with Crippen molar-refractivity contribution in [3.05, 3.63) is 99.7 Å². The zero-order chi connectivity index (χ0) is 24.6. The van der Waals surface area contributed by atoms with E-state index in [9.17, 15) is 19.7 Å². The molecule has 0 unspecified atom stereocenters. The Hall–Kier alpha value is -3.76. The van der Waals surface area contributed by atoms with Gasteiger partial charge in [-0.25, -0.2) is 9.79 Å². The number of hydrogen-bond donors (Lipinski definition) is 0. The molecule has 0 aliphatic carbocycles. The molecule has 0 saturated heterocycles. The van der Waals surface area contributed by atoms with E-state index in [4.69, 9.17) is 21.1 Å². The van der Waals surface area contributed by atoms with Crippen LogP contribution in [-0.2, 0) is 9.53 Å². The molecule has 2 heterocycles. The molecule has 0 fully saturated rings. The fraction of sp³-hybridized carbons (Fsp3) is 0.174. The minimum atomic E-state index is -0.899. The predicted molar refractivity (Wildman–Crippen MR) is 127 cm³/mol. The SMILES string of the molecule is COC(=O)C1=C(C)N=c2s/c(=C\c3cccc([N+](=O)[O-])c3)c(=O)n2[C@H]1c1cc(Cl)ccc1OC. The highest BCUT2D eigenvalue weighted by atomic mass is 35.5. The molecule has 1 aromatic heterocycles. The molecule has 0 N–H and O–H groups in total. The van der Waals surface area contributed by atoms with Gasteiger partial charge in [-0.2, -0.15) is 0 Å². The summed E-state index contributed by atoms with van der Waals surface area (Å²) in [5.74, 6) is -0.208. The van der Waals surface area contributed by atoms with E-state index in [-0.39, 0.29) is 11.3 Å². The van der Waals surface area contributed by atoms with E-state index < -0.39 is 22.5 Å². The molecule has 1 atom stereocenters. The van der Waals surface area contributed by atoms with E-state index in [2.05, 4.69) is 4.99 Å². The van der Waals surface area contributed by atoms with E-state index in [0.717, 1.165) is 11.3 Å². The van der Waals surface area contributed by atoms with Gasteiger partial charge in [0, 0.05) is 22.7 Å². The number of rotatable bonds is 5. The first-order valence-electron chi connectivity index (χ1n) is 9.94. The van der Waals surface area contributed by atoms with Crippen LogP contribution in [0.2, 0.25) is 5.02 Å². The van der Waals surface area contributed by atoms with Gasteiger partial charge in [0.2, 0.25) is 0 Å². The Balaban J connectivity index is 2.01. The monoisotopic (exact) mass is 499 g/mol. The van der Waals surface area contributed by atoms with Gasteiger partial charge in [0.1, 0.15) is 11.8 Å². The van der Waals surface area contributed by atoms with Gasteiger partial charge >= 0.3 is 5.97 Å².